The highest BCUT2D eigenvalue weighted by Gasteiger charge is 2.45. The Balaban J connectivity index is 0.000000625. The number of benzene rings is 4. The molecule has 2 aliphatic heterocycles. The molecule has 48 heavy (non-hydrogen) atoms. The lowest BCUT2D eigenvalue weighted by Crippen LogP contribution is -2.46. The van der Waals surface area contributed by atoms with Gasteiger partial charge < -0.3 is 20.9 Å². The number of aldehydes is 1. The van der Waals surface area contributed by atoms with Crippen LogP contribution in [0.4, 0.5) is 22.7 Å². The molecule has 0 radical (unpaired) electrons. The van der Waals surface area contributed by atoms with E-state index in [0.29, 0.717) is 5.56 Å². The number of carbonyl (C=O) groups excluding carboxylic acids is 2. The normalized spacial score (nSPS) is 17.6. The predicted octanol–water partition coefficient (Wildman–Crippen LogP) is 9.26. The van der Waals surface area contributed by atoms with Gasteiger partial charge in [0.25, 0.3) is 5.91 Å². The van der Waals surface area contributed by atoms with Gasteiger partial charge in [-0.05, 0) is 127 Å². The molecule has 8 rings (SSSR count). The number of aryl methyl sites for hydroxylation is 2. The van der Waals surface area contributed by atoms with E-state index in [1.807, 2.05) is 24.3 Å². The highest BCUT2D eigenvalue weighted by Crippen LogP contribution is 2.52. The monoisotopic (exact) mass is 642 g/mol. The zero-order valence-corrected chi connectivity index (χ0v) is 29.5. The fourth-order valence-electron chi connectivity index (χ4n) is 8.05. The highest BCUT2D eigenvalue weighted by atomic mass is 16.1. The molecule has 1 unspecified atom stereocenters. The zero-order chi connectivity index (χ0) is 34.2. The third-order valence-corrected chi connectivity index (χ3v) is 10.5. The second-order valence-corrected chi connectivity index (χ2v) is 13.9. The van der Waals surface area contributed by atoms with Crippen LogP contribution in [0, 0.1) is 13.8 Å². The lowest BCUT2D eigenvalue weighted by atomic mass is 9.76. The zero-order valence-electron chi connectivity index (χ0n) is 29.5. The molecular formula is C42H50N4O2. The van der Waals surface area contributed by atoms with Crippen LogP contribution >= 0.6 is 0 Å². The third-order valence-electron chi connectivity index (χ3n) is 10.5. The minimum atomic E-state index is -0.109. The summed E-state index contributed by atoms with van der Waals surface area (Å²) in [6.45, 7) is 15.2. The molecule has 1 amide bonds. The number of nitrogen functional groups attached to an aromatic ring is 1. The molecule has 4 aromatic carbocycles. The minimum Gasteiger partial charge on any atom is -0.399 e. The highest BCUT2D eigenvalue weighted by molar-refractivity contribution is 6.05. The number of amides is 1. The molecule has 0 saturated heterocycles. The summed E-state index contributed by atoms with van der Waals surface area (Å²) in [5.41, 5.74) is 21.7. The van der Waals surface area contributed by atoms with Crippen LogP contribution in [0.15, 0.2) is 60.7 Å². The lowest BCUT2D eigenvalue weighted by Gasteiger charge is -2.46. The molecule has 6 heteroatoms. The van der Waals surface area contributed by atoms with E-state index in [1.165, 1.54) is 57.6 Å². The Labute approximate surface area is 286 Å². The molecule has 4 aromatic rings. The molecule has 1 spiro atoms. The summed E-state index contributed by atoms with van der Waals surface area (Å²) in [5.74, 6) is -0.0872. The van der Waals surface area contributed by atoms with E-state index in [1.54, 1.807) is 0 Å². The number of nitrogens with zero attached hydrogens (tertiary/aromatic N) is 2. The van der Waals surface area contributed by atoms with E-state index >= 15 is 0 Å². The van der Waals surface area contributed by atoms with Crippen LogP contribution in [0.5, 0.6) is 0 Å². The van der Waals surface area contributed by atoms with Crippen LogP contribution in [0.25, 0.3) is 0 Å². The smallest absolute Gasteiger partial charge is 0.255 e. The first-order valence-electron chi connectivity index (χ1n) is 17.7. The van der Waals surface area contributed by atoms with E-state index in [4.69, 9.17) is 5.73 Å². The Bertz CT molecular complexity index is 1870. The quantitative estimate of drug-likeness (QED) is 0.172. The summed E-state index contributed by atoms with van der Waals surface area (Å²) in [5, 5.41) is 3.25. The van der Waals surface area contributed by atoms with Gasteiger partial charge in [0.05, 0.1) is 6.67 Å². The molecule has 4 aliphatic rings. The van der Waals surface area contributed by atoms with Crippen LogP contribution in [-0.2, 0) is 31.3 Å². The van der Waals surface area contributed by atoms with Crippen molar-refractivity contribution >= 4 is 34.9 Å². The van der Waals surface area contributed by atoms with Crippen molar-refractivity contribution in [1.29, 1.82) is 0 Å². The van der Waals surface area contributed by atoms with Crippen molar-refractivity contribution in [2.75, 3.05) is 27.5 Å². The average molecular weight is 643 g/mol. The number of fused-ring (bicyclic) bond motifs is 10. The molecule has 0 fully saturated rings. The number of hydrogen-bond acceptors (Lipinski definition) is 5. The van der Waals surface area contributed by atoms with E-state index in [2.05, 4.69) is 93.1 Å². The molecule has 0 aromatic heterocycles. The first kappa shape index (κ1) is 33.3. The van der Waals surface area contributed by atoms with Crippen LogP contribution < -0.4 is 20.9 Å². The number of nitrogens with two attached hydrogens (primary N) is 1. The Kier molecular flexibility index (Phi) is 9.37. The van der Waals surface area contributed by atoms with Crippen LogP contribution in [0.3, 0.4) is 0 Å². The van der Waals surface area contributed by atoms with Gasteiger partial charge >= 0.3 is 0 Å². The van der Waals surface area contributed by atoms with E-state index in [9.17, 15) is 9.59 Å². The molecule has 250 valence electrons. The van der Waals surface area contributed by atoms with Gasteiger partial charge in [-0.15, -0.1) is 0 Å². The first-order chi connectivity index (χ1) is 23.2. The molecule has 3 N–H and O–H groups in total. The van der Waals surface area contributed by atoms with Crippen molar-refractivity contribution < 1.29 is 9.59 Å². The van der Waals surface area contributed by atoms with Crippen LogP contribution in [-0.4, -0.2) is 18.9 Å². The lowest BCUT2D eigenvalue weighted by molar-refractivity contribution is 0.102. The largest absolute Gasteiger partial charge is 0.399 e. The van der Waals surface area contributed by atoms with Crippen LogP contribution in [0.2, 0.25) is 0 Å². The van der Waals surface area contributed by atoms with Crippen molar-refractivity contribution in [1.82, 2.24) is 0 Å². The van der Waals surface area contributed by atoms with Gasteiger partial charge in [0.15, 0.2) is 0 Å². The predicted molar refractivity (Wildman–Crippen MR) is 200 cm³/mol. The van der Waals surface area contributed by atoms with E-state index in [0.717, 1.165) is 79.8 Å². The standard InChI is InChI=1S/C36H34N4O2.2C3H8/c1-21-27-17-39-20-40(33(27)9-7-31(21)37)18-28-22(2)32(8-10-34(28)39)38-35(42)26-6-5-25-12-14-36(30(25)16-26)13-11-24-4-3-23(19-41)15-29(24)36;2*1-3-2/h3-10,15-16,19H,11-14,17-18,20,37H2,1-2H3,(H,38,42);2*3H2,1-2H3. The third kappa shape index (κ3) is 5.65. The summed E-state index contributed by atoms with van der Waals surface area (Å²) >= 11 is 0. The molecule has 0 saturated carbocycles. The molecule has 1 atom stereocenters. The summed E-state index contributed by atoms with van der Waals surface area (Å²) in [7, 11) is 0. The maximum Gasteiger partial charge on any atom is 0.255 e. The van der Waals surface area contributed by atoms with E-state index in [-0.39, 0.29) is 11.3 Å². The summed E-state index contributed by atoms with van der Waals surface area (Å²) in [6, 6.07) is 20.7. The van der Waals surface area contributed by atoms with Crippen molar-refractivity contribution in [2.24, 2.45) is 0 Å². The summed E-state index contributed by atoms with van der Waals surface area (Å²) in [4.78, 5) is 30.1. The molecule has 2 heterocycles. The molecular weight excluding hydrogens is 592 g/mol. The first-order valence-corrected chi connectivity index (χ1v) is 17.7. The van der Waals surface area contributed by atoms with Gasteiger partial charge in [-0.1, -0.05) is 58.7 Å². The number of nitrogens with one attached hydrogen (secondary N) is 1. The van der Waals surface area contributed by atoms with Crippen molar-refractivity contribution in [3.05, 3.63) is 116 Å². The molecule has 2 aliphatic carbocycles. The molecule has 6 nitrogen and oxygen atoms in total. The Morgan fingerprint density at radius 2 is 1.35 bits per heavy atom. The number of rotatable bonds is 3. The maximum absolute atomic E-state index is 13.7. The fourth-order valence-corrected chi connectivity index (χ4v) is 8.05. The van der Waals surface area contributed by atoms with Gasteiger partial charge in [-0.3, -0.25) is 9.59 Å². The number of carbonyl (C=O) groups is 2. The molecule has 2 bridgehead atoms. The van der Waals surface area contributed by atoms with Gasteiger partial charge in [0, 0.05) is 52.4 Å². The fraction of sp³-hybridized carbons (Fsp3) is 0.381. The van der Waals surface area contributed by atoms with Crippen molar-refractivity contribution in [3.63, 3.8) is 0 Å². The van der Waals surface area contributed by atoms with Crippen molar-refractivity contribution in [3.8, 4) is 0 Å². The van der Waals surface area contributed by atoms with Gasteiger partial charge in [-0.25, -0.2) is 0 Å². The average Bonchev–Trinajstić information content (AvgIpc) is 3.65. The summed E-state index contributed by atoms with van der Waals surface area (Å²) < 4.78 is 0. The second kappa shape index (κ2) is 13.5. The Morgan fingerprint density at radius 1 is 0.792 bits per heavy atom. The second-order valence-electron chi connectivity index (χ2n) is 13.9. The van der Waals surface area contributed by atoms with Gasteiger partial charge in [0.2, 0.25) is 0 Å². The van der Waals surface area contributed by atoms with Crippen LogP contribution in [0.1, 0.15) is 119 Å². The summed E-state index contributed by atoms with van der Waals surface area (Å²) in [6.07, 6.45) is 7.48. The Morgan fingerprint density at radius 3 is 1.98 bits per heavy atom. The van der Waals surface area contributed by atoms with Gasteiger partial charge in [-0.2, -0.15) is 0 Å². The maximum atomic E-state index is 13.7. The van der Waals surface area contributed by atoms with Crippen molar-refractivity contribution in [2.45, 2.75) is 98.6 Å². The Hall–Kier alpha value is -4.58. The minimum absolute atomic E-state index is 0.0872. The van der Waals surface area contributed by atoms with E-state index < -0.39 is 0 Å². The SMILES string of the molecule is CCC.CCC.Cc1c(N)ccc2c1CN1CN2Cc2c1ccc(NC(=O)c1ccc3c(c1)C1(CCc4ccc(C=O)cc41)CC3)c2C. The topological polar surface area (TPSA) is 78.7 Å². The van der Waals surface area contributed by atoms with Gasteiger partial charge in [0.1, 0.15) is 6.29 Å². The number of anilines is 4. The number of hydrogen-bond donors (Lipinski definition) is 2.